The number of rotatable bonds is 8. The number of Topliss-reactive ketones (excluding diaryl/α,β-unsaturated/α-hetero) is 1. The fraction of sp³-hybridized carbons (Fsp3) is 0.286. The number of benzene rings is 2. The molecule has 9 heteroatoms. The molecule has 1 heterocycles. The van der Waals surface area contributed by atoms with Crippen molar-refractivity contribution in [2.75, 3.05) is 13.6 Å². The molecule has 1 aromatic heterocycles. The van der Waals surface area contributed by atoms with Crippen molar-refractivity contribution < 1.29 is 9.59 Å². The summed E-state index contributed by atoms with van der Waals surface area (Å²) in [5.74, 6) is 0.128. The molecule has 0 radical (unpaired) electrons. The van der Waals surface area contributed by atoms with Crippen LogP contribution in [0.3, 0.4) is 0 Å². The molecule has 1 amide bonds. The number of carbonyl (C=O) groups excluding carboxylic acids is 2. The lowest BCUT2D eigenvalue weighted by Crippen LogP contribution is -2.37. The summed E-state index contributed by atoms with van der Waals surface area (Å²) in [5.41, 5.74) is 13.7. The second-order valence-electron chi connectivity index (χ2n) is 7.18. The van der Waals surface area contributed by atoms with E-state index in [0.29, 0.717) is 23.4 Å². The highest BCUT2D eigenvalue weighted by molar-refractivity contribution is 5.97. The van der Waals surface area contributed by atoms with Gasteiger partial charge in [0.25, 0.3) is 5.91 Å². The lowest BCUT2D eigenvalue weighted by molar-refractivity contribution is 0.0961. The van der Waals surface area contributed by atoms with E-state index < -0.39 is 5.41 Å². The number of hydrogen-bond acceptors (Lipinski definition) is 7. The van der Waals surface area contributed by atoms with Crippen molar-refractivity contribution in [1.29, 1.82) is 0 Å². The number of ketones is 1. The van der Waals surface area contributed by atoms with Crippen LogP contribution in [0, 0.1) is 0 Å². The monoisotopic (exact) mass is 407 g/mol. The Morgan fingerprint density at radius 1 is 1.07 bits per heavy atom. The van der Waals surface area contributed by atoms with Crippen molar-refractivity contribution >= 4 is 11.7 Å². The van der Waals surface area contributed by atoms with Crippen LogP contribution in [0.4, 0.5) is 0 Å². The van der Waals surface area contributed by atoms with E-state index in [9.17, 15) is 9.59 Å². The van der Waals surface area contributed by atoms with E-state index >= 15 is 0 Å². The number of H-pyrrole nitrogens is 1. The molecule has 0 spiro atoms. The molecule has 0 aliphatic heterocycles. The molecule has 9 nitrogen and oxygen atoms in total. The topological polar surface area (TPSA) is 153 Å². The van der Waals surface area contributed by atoms with Crippen LogP contribution in [0.2, 0.25) is 0 Å². The molecule has 3 aromatic rings. The number of nitrogens with two attached hydrogens (primary N) is 2. The number of nitrogens with one attached hydrogen (secondary N) is 2. The minimum absolute atomic E-state index is 0.0594. The molecule has 30 heavy (non-hydrogen) atoms. The van der Waals surface area contributed by atoms with Crippen molar-refractivity contribution in [3.05, 3.63) is 76.6 Å². The summed E-state index contributed by atoms with van der Waals surface area (Å²) in [6.07, 6.45) is 0.482. The molecule has 3 rings (SSSR count). The first-order valence-corrected chi connectivity index (χ1v) is 9.58. The highest BCUT2D eigenvalue weighted by Gasteiger charge is 2.41. The SMILES string of the molecule is CNC(=O)c1ccc(C(C[C@H](C)N)(c2ccc(C(=O)CN)cc2)c2nn[nH]n2)cc1. The van der Waals surface area contributed by atoms with Crippen molar-refractivity contribution in [2.24, 2.45) is 11.5 Å². The lowest BCUT2D eigenvalue weighted by Gasteiger charge is -2.34. The molecule has 2 atom stereocenters. The highest BCUT2D eigenvalue weighted by Crippen LogP contribution is 2.41. The minimum Gasteiger partial charge on any atom is -0.355 e. The summed E-state index contributed by atoms with van der Waals surface area (Å²) in [6.45, 7) is 1.84. The zero-order valence-electron chi connectivity index (χ0n) is 16.9. The van der Waals surface area contributed by atoms with Gasteiger partial charge in [-0.15, -0.1) is 10.2 Å². The van der Waals surface area contributed by atoms with E-state index in [0.717, 1.165) is 11.1 Å². The Bertz CT molecular complexity index is 937. The van der Waals surface area contributed by atoms with E-state index in [1.54, 1.807) is 31.3 Å². The van der Waals surface area contributed by atoms with Gasteiger partial charge in [0, 0.05) is 24.2 Å². The standard InChI is InChI=1S/C21H25N7O2/c1-13(23)11-21(20-25-27-28-26-20,16-7-3-14(4-8-16)18(29)12-22)17-9-5-15(6-10-17)19(30)24-2/h3-10,13H,11-12,22-23H2,1-2H3,(H,24,30)(H,25,26,27,28)/t13-,21?/m0/s1. The first-order chi connectivity index (χ1) is 14.4. The molecule has 0 aliphatic rings. The number of aromatic amines is 1. The summed E-state index contributed by atoms with van der Waals surface area (Å²) in [5, 5.41) is 17.4. The molecule has 0 saturated heterocycles. The number of hydrogen-bond donors (Lipinski definition) is 4. The summed E-state index contributed by atoms with van der Waals surface area (Å²) in [4.78, 5) is 23.9. The van der Waals surface area contributed by atoms with Crippen LogP contribution in [-0.4, -0.2) is 51.9 Å². The average molecular weight is 407 g/mol. The predicted octanol–water partition coefficient (Wildman–Crippen LogP) is 0.772. The van der Waals surface area contributed by atoms with Crippen molar-refractivity contribution in [1.82, 2.24) is 25.9 Å². The van der Waals surface area contributed by atoms with Crippen molar-refractivity contribution in [3.8, 4) is 0 Å². The third-order valence-corrected chi connectivity index (χ3v) is 5.11. The summed E-state index contributed by atoms with van der Waals surface area (Å²) >= 11 is 0. The molecule has 0 aliphatic carbocycles. The Kier molecular flexibility index (Phi) is 6.34. The van der Waals surface area contributed by atoms with E-state index in [-0.39, 0.29) is 24.3 Å². The van der Waals surface area contributed by atoms with Crippen LogP contribution in [0.1, 0.15) is 51.0 Å². The van der Waals surface area contributed by atoms with E-state index in [1.165, 1.54) is 0 Å². The molecular weight excluding hydrogens is 382 g/mol. The quantitative estimate of drug-likeness (QED) is 0.402. The van der Waals surface area contributed by atoms with Gasteiger partial charge in [-0.2, -0.15) is 5.21 Å². The minimum atomic E-state index is -0.827. The van der Waals surface area contributed by atoms with Gasteiger partial charge in [-0.05, 0) is 36.6 Å². The summed E-state index contributed by atoms with van der Waals surface area (Å²) in [6, 6.07) is 14.2. The van der Waals surface area contributed by atoms with Gasteiger partial charge in [0.05, 0.1) is 12.0 Å². The highest BCUT2D eigenvalue weighted by atomic mass is 16.1. The number of amides is 1. The third-order valence-electron chi connectivity index (χ3n) is 5.11. The Morgan fingerprint density at radius 3 is 2.07 bits per heavy atom. The predicted molar refractivity (Wildman–Crippen MR) is 112 cm³/mol. The van der Waals surface area contributed by atoms with Gasteiger partial charge < -0.3 is 16.8 Å². The van der Waals surface area contributed by atoms with Gasteiger partial charge in [-0.1, -0.05) is 41.6 Å². The molecule has 2 aromatic carbocycles. The molecule has 0 bridgehead atoms. The third kappa shape index (κ3) is 3.98. The van der Waals surface area contributed by atoms with Crippen molar-refractivity contribution in [2.45, 2.75) is 24.8 Å². The average Bonchev–Trinajstić information content (AvgIpc) is 3.32. The zero-order valence-corrected chi connectivity index (χ0v) is 16.9. The normalized spacial score (nSPS) is 14.0. The fourth-order valence-corrected chi connectivity index (χ4v) is 3.69. The van der Waals surface area contributed by atoms with Crippen LogP contribution in [0.25, 0.3) is 0 Å². The van der Waals surface area contributed by atoms with E-state index in [1.807, 2.05) is 31.2 Å². The fourth-order valence-electron chi connectivity index (χ4n) is 3.69. The number of aromatic nitrogens is 4. The maximum Gasteiger partial charge on any atom is 0.251 e. The Hall–Kier alpha value is -3.43. The van der Waals surface area contributed by atoms with Crippen LogP contribution >= 0.6 is 0 Å². The van der Waals surface area contributed by atoms with Gasteiger partial charge in [0.1, 0.15) is 0 Å². The number of nitrogens with zero attached hydrogens (tertiary/aromatic N) is 3. The molecule has 6 N–H and O–H groups in total. The van der Waals surface area contributed by atoms with Gasteiger partial charge >= 0.3 is 0 Å². The van der Waals surface area contributed by atoms with Gasteiger partial charge in [0.2, 0.25) is 0 Å². The molecule has 0 fully saturated rings. The second kappa shape index (κ2) is 8.93. The van der Waals surface area contributed by atoms with Crippen LogP contribution in [0.15, 0.2) is 48.5 Å². The van der Waals surface area contributed by atoms with Crippen LogP contribution in [-0.2, 0) is 5.41 Å². The van der Waals surface area contributed by atoms with Gasteiger partial charge in [-0.25, -0.2) is 0 Å². The molecule has 1 unspecified atom stereocenters. The number of tetrazole rings is 1. The van der Waals surface area contributed by atoms with Gasteiger partial charge in [-0.3, -0.25) is 9.59 Å². The summed E-state index contributed by atoms with van der Waals surface area (Å²) < 4.78 is 0. The zero-order chi connectivity index (χ0) is 21.7. The maximum atomic E-state index is 12.0. The maximum absolute atomic E-state index is 12.0. The second-order valence-corrected chi connectivity index (χ2v) is 7.18. The Labute approximate surface area is 174 Å². The smallest absolute Gasteiger partial charge is 0.251 e. The summed E-state index contributed by atoms with van der Waals surface area (Å²) in [7, 11) is 1.58. The van der Waals surface area contributed by atoms with E-state index in [4.69, 9.17) is 11.5 Å². The lowest BCUT2D eigenvalue weighted by atomic mass is 9.69. The van der Waals surface area contributed by atoms with Crippen LogP contribution in [0.5, 0.6) is 0 Å². The Balaban J connectivity index is 2.20. The molecule has 156 valence electrons. The Morgan fingerprint density at radius 2 is 1.63 bits per heavy atom. The van der Waals surface area contributed by atoms with Crippen molar-refractivity contribution in [3.63, 3.8) is 0 Å². The largest absolute Gasteiger partial charge is 0.355 e. The van der Waals surface area contributed by atoms with Gasteiger partial charge in [0.15, 0.2) is 11.6 Å². The number of carbonyl (C=O) groups is 2. The molecular formula is C21H25N7O2. The first kappa shape index (κ1) is 21.3. The first-order valence-electron chi connectivity index (χ1n) is 9.58. The van der Waals surface area contributed by atoms with E-state index in [2.05, 4.69) is 25.9 Å². The van der Waals surface area contributed by atoms with Crippen LogP contribution < -0.4 is 16.8 Å². The molecule has 0 saturated carbocycles.